The molecule has 0 saturated carbocycles. The summed E-state index contributed by atoms with van der Waals surface area (Å²) in [4.78, 5) is 25.9. The molecule has 0 atom stereocenters. The molecular weight excluding hydrogens is 392 g/mol. The van der Waals surface area contributed by atoms with E-state index in [9.17, 15) is 9.59 Å². The lowest BCUT2D eigenvalue weighted by molar-refractivity contribution is -0.129. The number of hydrogen-bond donors (Lipinski definition) is 1. The molecular formula is C21H23BrN2O2. The van der Waals surface area contributed by atoms with Gasteiger partial charge in [-0.25, -0.2) is 0 Å². The molecule has 4 nitrogen and oxygen atoms in total. The Kier molecular flexibility index (Phi) is 6.75. The first-order valence-electron chi connectivity index (χ1n) is 8.32. The number of anilines is 1. The zero-order valence-corrected chi connectivity index (χ0v) is 17.1. The number of nitrogens with zero attached hydrogens (tertiary/aromatic N) is 1. The van der Waals surface area contributed by atoms with Crippen LogP contribution in [0.15, 0.2) is 46.9 Å². The summed E-state index contributed by atoms with van der Waals surface area (Å²) in [7, 11) is 1.61. The highest BCUT2D eigenvalue weighted by Crippen LogP contribution is 2.20. The van der Waals surface area contributed by atoms with Crippen LogP contribution in [0.1, 0.15) is 22.3 Å². The normalized spacial score (nSPS) is 10.8. The fraction of sp³-hybridized carbons (Fsp3) is 0.238. The van der Waals surface area contributed by atoms with E-state index in [1.165, 1.54) is 11.0 Å². The Morgan fingerprint density at radius 2 is 1.73 bits per heavy atom. The summed E-state index contributed by atoms with van der Waals surface area (Å²) in [5.74, 6) is -0.451. The van der Waals surface area contributed by atoms with Crippen molar-refractivity contribution in [1.82, 2.24) is 4.90 Å². The number of nitrogens with one attached hydrogen (secondary N) is 1. The predicted octanol–water partition coefficient (Wildman–Crippen LogP) is 4.48. The van der Waals surface area contributed by atoms with Gasteiger partial charge in [0.15, 0.2) is 0 Å². The standard InChI is InChI=1S/C21H23BrN2O2/c1-14-6-8-17(18(22)11-14)9-10-21(26)24(4)13-20(25)23-19-12-15(2)5-7-16(19)3/h5-12H,13H2,1-4H3,(H,23,25)/b10-9+. The molecule has 2 rings (SSSR count). The van der Waals surface area contributed by atoms with Gasteiger partial charge >= 0.3 is 0 Å². The van der Waals surface area contributed by atoms with E-state index in [2.05, 4.69) is 21.2 Å². The monoisotopic (exact) mass is 414 g/mol. The molecule has 2 amide bonds. The number of halogens is 1. The molecule has 0 unspecified atom stereocenters. The number of amides is 2. The molecule has 0 aliphatic heterocycles. The molecule has 0 saturated heterocycles. The Hall–Kier alpha value is -2.40. The quantitative estimate of drug-likeness (QED) is 0.732. The number of rotatable bonds is 5. The maximum absolute atomic E-state index is 12.2. The van der Waals surface area contributed by atoms with Crippen molar-refractivity contribution < 1.29 is 9.59 Å². The molecule has 0 radical (unpaired) electrons. The van der Waals surface area contributed by atoms with Gasteiger partial charge in [-0.1, -0.05) is 40.2 Å². The third-order valence-electron chi connectivity index (χ3n) is 3.99. The average molecular weight is 415 g/mol. The van der Waals surface area contributed by atoms with Crippen LogP contribution in [0.25, 0.3) is 6.08 Å². The lowest BCUT2D eigenvalue weighted by Crippen LogP contribution is -2.34. The number of likely N-dealkylation sites (N-methyl/N-ethyl adjacent to an activating group) is 1. The van der Waals surface area contributed by atoms with Crippen molar-refractivity contribution in [1.29, 1.82) is 0 Å². The fourth-order valence-electron chi connectivity index (χ4n) is 2.41. The Bertz CT molecular complexity index is 859. The van der Waals surface area contributed by atoms with E-state index < -0.39 is 0 Å². The van der Waals surface area contributed by atoms with Crippen molar-refractivity contribution in [2.24, 2.45) is 0 Å². The molecule has 0 spiro atoms. The third kappa shape index (κ3) is 5.56. The lowest BCUT2D eigenvalue weighted by atomic mass is 10.1. The number of carbonyl (C=O) groups excluding carboxylic acids is 2. The number of aryl methyl sites for hydroxylation is 3. The van der Waals surface area contributed by atoms with Crippen molar-refractivity contribution >= 4 is 39.5 Å². The maximum Gasteiger partial charge on any atom is 0.246 e. The van der Waals surface area contributed by atoms with Crippen LogP contribution >= 0.6 is 15.9 Å². The van der Waals surface area contributed by atoms with Gasteiger partial charge in [-0.05, 0) is 61.2 Å². The number of carbonyl (C=O) groups is 2. The number of hydrogen-bond acceptors (Lipinski definition) is 2. The van der Waals surface area contributed by atoms with Gasteiger partial charge in [-0.2, -0.15) is 0 Å². The van der Waals surface area contributed by atoms with E-state index in [0.717, 1.165) is 32.4 Å². The zero-order chi connectivity index (χ0) is 19.3. The molecule has 0 aromatic heterocycles. The third-order valence-corrected chi connectivity index (χ3v) is 4.67. The molecule has 5 heteroatoms. The van der Waals surface area contributed by atoms with Crippen LogP contribution in [0, 0.1) is 20.8 Å². The first-order valence-corrected chi connectivity index (χ1v) is 9.12. The number of benzene rings is 2. The largest absolute Gasteiger partial charge is 0.333 e. The van der Waals surface area contributed by atoms with E-state index >= 15 is 0 Å². The van der Waals surface area contributed by atoms with Gasteiger partial charge in [0, 0.05) is 23.3 Å². The molecule has 2 aromatic carbocycles. The summed E-state index contributed by atoms with van der Waals surface area (Å²) < 4.78 is 0.928. The second-order valence-electron chi connectivity index (χ2n) is 6.42. The van der Waals surface area contributed by atoms with Crippen LogP contribution in [0.5, 0.6) is 0 Å². The molecule has 136 valence electrons. The molecule has 1 N–H and O–H groups in total. The minimum absolute atomic E-state index is 0.00831. The van der Waals surface area contributed by atoms with Gasteiger partial charge in [0.2, 0.25) is 11.8 Å². The Balaban J connectivity index is 1.96. The van der Waals surface area contributed by atoms with Crippen LogP contribution < -0.4 is 5.32 Å². The van der Waals surface area contributed by atoms with Gasteiger partial charge < -0.3 is 10.2 Å². The SMILES string of the molecule is Cc1ccc(/C=C/C(=O)N(C)CC(=O)Nc2cc(C)ccc2C)c(Br)c1. The average Bonchev–Trinajstić information content (AvgIpc) is 2.57. The van der Waals surface area contributed by atoms with Crippen molar-refractivity contribution in [3.63, 3.8) is 0 Å². The molecule has 0 heterocycles. The van der Waals surface area contributed by atoms with Gasteiger partial charge in [-0.3, -0.25) is 9.59 Å². The molecule has 0 bridgehead atoms. The molecule has 26 heavy (non-hydrogen) atoms. The molecule has 2 aromatic rings. The smallest absolute Gasteiger partial charge is 0.246 e. The second kappa shape index (κ2) is 8.81. The second-order valence-corrected chi connectivity index (χ2v) is 7.27. The van der Waals surface area contributed by atoms with Crippen molar-refractivity contribution in [3.8, 4) is 0 Å². The van der Waals surface area contributed by atoms with Crippen molar-refractivity contribution in [3.05, 3.63) is 69.2 Å². The van der Waals surface area contributed by atoms with Crippen LogP contribution in [-0.2, 0) is 9.59 Å². The fourth-order valence-corrected chi connectivity index (χ4v) is 3.03. The first-order chi connectivity index (χ1) is 12.3. The first kappa shape index (κ1) is 19.9. The highest BCUT2D eigenvalue weighted by atomic mass is 79.9. The summed E-state index contributed by atoms with van der Waals surface area (Å²) in [5.41, 5.74) is 4.89. The van der Waals surface area contributed by atoms with Crippen molar-refractivity contribution in [2.75, 3.05) is 18.9 Å². The maximum atomic E-state index is 12.2. The summed E-state index contributed by atoms with van der Waals surface area (Å²) in [6.07, 6.45) is 3.21. The van der Waals surface area contributed by atoms with Crippen LogP contribution in [0.2, 0.25) is 0 Å². The minimum Gasteiger partial charge on any atom is -0.333 e. The van der Waals surface area contributed by atoms with E-state index in [4.69, 9.17) is 0 Å². The van der Waals surface area contributed by atoms with E-state index in [1.807, 2.05) is 57.2 Å². The van der Waals surface area contributed by atoms with E-state index in [1.54, 1.807) is 13.1 Å². The molecule has 0 aliphatic rings. The highest BCUT2D eigenvalue weighted by Gasteiger charge is 2.12. The van der Waals surface area contributed by atoms with Crippen LogP contribution in [-0.4, -0.2) is 30.3 Å². The Morgan fingerprint density at radius 3 is 2.42 bits per heavy atom. The summed E-state index contributed by atoms with van der Waals surface area (Å²) in [5, 5.41) is 2.86. The van der Waals surface area contributed by atoms with Gasteiger partial charge in [0.05, 0.1) is 6.54 Å². The van der Waals surface area contributed by atoms with Gasteiger partial charge in [0.1, 0.15) is 0 Å². The minimum atomic E-state index is -0.228. The topological polar surface area (TPSA) is 49.4 Å². The summed E-state index contributed by atoms with van der Waals surface area (Å²) >= 11 is 3.48. The van der Waals surface area contributed by atoms with E-state index in [0.29, 0.717) is 0 Å². The lowest BCUT2D eigenvalue weighted by Gasteiger charge is -2.16. The summed E-state index contributed by atoms with van der Waals surface area (Å²) in [6.45, 7) is 5.90. The van der Waals surface area contributed by atoms with Crippen LogP contribution in [0.4, 0.5) is 5.69 Å². The molecule has 0 aliphatic carbocycles. The Labute approximate surface area is 163 Å². The molecule has 0 fully saturated rings. The van der Waals surface area contributed by atoms with Crippen LogP contribution in [0.3, 0.4) is 0 Å². The summed E-state index contributed by atoms with van der Waals surface area (Å²) in [6, 6.07) is 11.8. The predicted molar refractivity (Wildman–Crippen MR) is 110 cm³/mol. The van der Waals surface area contributed by atoms with E-state index in [-0.39, 0.29) is 18.4 Å². The Morgan fingerprint density at radius 1 is 1.08 bits per heavy atom. The van der Waals surface area contributed by atoms with Gasteiger partial charge in [0.25, 0.3) is 0 Å². The van der Waals surface area contributed by atoms with Crippen molar-refractivity contribution in [2.45, 2.75) is 20.8 Å². The zero-order valence-electron chi connectivity index (χ0n) is 15.5. The van der Waals surface area contributed by atoms with Gasteiger partial charge in [-0.15, -0.1) is 0 Å². The highest BCUT2D eigenvalue weighted by molar-refractivity contribution is 9.10.